The monoisotopic (exact) mass is 359 g/mol. The number of halogens is 1. The van der Waals surface area contributed by atoms with Gasteiger partial charge < -0.3 is 10.1 Å². The SMILES string of the molecule is CCCOc1ccc(/C=C/C(=O)Nc2ccc(Br)cc2)cc1. The van der Waals surface area contributed by atoms with Crippen LogP contribution in [0.15, 0.2) is 59.1 Å². The molecule has 2 rings (SSSR count). The molecule has 0 radical (unpaired) electrons. The van der Waals surface area contributed by atoms with Gasteiger partial charge in [0.2, 0.25) is 5.91 Å². The van der Waals surface area contributed by atoms with Gasteiger partial charge in [-0.15, -0.1) is 0 Å². The summed E-state index contributed by atoms with van der Waals surface area (Å²) < 4.78 is 6.50. The lowest BCUT2D eigenvalue weighted by Gasteiger charge is -2.04. The number of rotatable bonds is 6. The summed E-state index contributed by atoms with van der Waals surface area (Å²) in [5.74, 6) is 0.687. The highest BCUT2D eigenvalue weighted by Gasteiger charge is 1.98. The number of amides is 1. The fourth-order valence-corrected chi connectivity index (χ4v) is 2.05. The molecule has 0 aliphatic rings. The number of carbonyl (C=O) groups excluding carboxylic acids is 1. The average molecular weight is 360 g/mol. The van der Waals surface area contributed by atoms with Crippen LogP contribution in [-0.2, 0) is 4.79 Å². The lowest BCUT2D eigenvalue weighted by atomic mass is 10.2. The van der Waals surface area contributed by atoms with E-state index in [0.717, 1.165) is 27.9 Å². The molecule has 0 saturated heterocycles. The van der Waals surface area contributed by atoms with Gasteiger partial charge in [0.25, 0.3) is 0 Å². The van der Waals surface area contributed by atoms with Gasteiger partial charge in [-0.3, -0.25) is 4.79 Å². The van der Waals surface area contributed by atoms with E-state index < -0.39 is 0 Å². The van der Waals surface area contributed by atoms with Crippen LogP contribution < -0.4 is 10.1 Å². The van der Waals surface area contributed by atoms with Crippen molar-refractivity contribution in [2.45, 2.75) is 13.3 Å². The molecule has 2 aromatic carbocycles. The lowest BCUT2D eigenvalue weighted by Crippen LogP contribution is -2.07. The first-order valence-electron chi connectivity index (χ1n) is 7.15. The largest absolute Gasteiger partial charge is 0.494 e. The molecule has 0 spiro atoms. The Balaban J connectivity index is 1.90. The summed E-state index contributed by atoms with van der Waals surface area (Å²) in [6, 6.07) is 15.1. The van der Waals surface area contributed by atoms with E-state index in [9.17, 15) is 4.79 Å². The zero-order valence-electron chi connectivity index (χ0n) is 12.4. The summed E-state index contributed by atoms with van der Waals surface area (Å²) in [4.78, 5) is 11.8. The maximum Gasteiger partial charge on any atom is 0.248 e. The molecule has 0 aliphatic carbocycles. The van der Waals surface area contributed by atoms with Gasteiger partial charge in [-0.2, -0.15) is 0 Å². The van der Waals surface area contributed by atoms with Gasteiger partial charge in [0.05, 0.1) is 6.61 Å². The maximum absolute atomic E-state index is 11.8. The number of anilines is 1. The molecule has 0 bridgehead atoms. The molecular formula is C18H18BrNO2. The Morgan fingerprint density at radius 1 is 1.14 bits per heavy atom. The highest BCUT2D eigenvalue weighted by atomic mass is 79.9. The molecular weight excluding hydrogens is 342 g/mol. The fraction of sp³-hybridized carbons (Fsp3) is 0.167. The third-order valence-corrected chi connectivity index (χ3v) is 3.42. The minimum absolute atomic E-state index is 0.159. The van der Waals surface area contributed by atoms with Crippen LogP contribution in [0.5, 0.6) is 5.75 Å². The van der Waals surface area contributed by atoms with Gasteiger partial charge >= 0.3 is 0 Å². The molecule has 114 valence electrons. The topological polar surface area (TPSA) is 38.3 Å². The number of carbonyl (C=O) groups is 1. The molecule has 1 N–H and O–H groups in total. The third kappa shape index (κ3) is 5.37. The highest BCUT2D eigenvalue weighted by Crippen LogP contribution is 2.15. The summed E-state index contributed by atoms with van der Waals surface area (Å²) in [5.41, 5.74) is 1.72. The molecule has 2 aromatic rings. The van der Waals surface area contributed by atoms with E-state index in [2.05, 4.69) is 28.2 Å². The van der Waals surface area contributed by atoms with Gasteiger partial charge in [-0.25, -0.2) is 0 Å². The Bertz CT molecular complexity index is 633. The van der Waals surface area contributed by atoms with Crippen LogP contribution in [0.3, 0.4) is 0 Å². The summed E-state index contributed by atoms with van der Waals surface area (Å²) in [7, 11) is 0. The van der Waals surface area contributed by atoms with E-state index in [0.29, 0.717) is 6.61 Å². The minimum atomic E-state index is -0.159. The van der Waals surface area contributed by atoms with Crippen LogP contribution in [0.25, 0.3) is 6.08 Å². The molecule has 0 saturated carbocycles. The van der Waals surface area contributed by atoms with E-state index in [1.54, 1.807) is 6.08 Å². The number of hydrogen-bond donors (Lipinski definition) is 1. The first-order valence-corrected chi connectivity index (χ1v) is 7.94. The van der Waals surface area contributed by atoms with Crippen LogP contribution in [0, 0.1) is 0 Å². The zero-order valence-corrected chi connectivity index (χ0v) is 14.0. The molecule has 4 heteroatoms. The smallest absolute Gasteiger partial charge is 0.248 e. The second-order valence-corrected chi connectivity index (χ2v) is 5.66. The molecule has 0 aliphatic heterocycles. The second kappa shape index (κ2) is 8.39. The van der Waals surface area contributed by atoms with Gasteiger partial charge in [0.15, 0.2) is 0 Å². The summed E-state index contributed by atoms with van der Waals surface area (Å²) in [6.07, 6.45) is 4.28. The van der Waals surface area contributed by atoms with Crippen molar-refractivity contribution >= 4 is 33.6 Å². The van der Waals surface area contributed by atoms with Crippen molar-refractivity contribution < 1.29 is 9.53 Å². The van der Waals surface area contributed by atoms with Crippen LogP contribution in [-0.4, -0.2) is 12.5 Å². The fourth-order valence-electron chi connectivity index (χ4n) is 1.78. The Labute approximate surface area is 139 Å². The predicted octanol–water partition coefficient (Wildman–Crippen LogP) is 4.89. The van der Waals surface area contributed by atoms with E-state index in [-0.39, 0.29) is 5.91 Å². The predicted molar refractivity (Wildman–Crippen MR) is 94.0 cm³/mol. The Morgan fingerprint density at radius 3 is 2.45 bits per heavy atom. The molecule has 0 heterocycles. The van der Waals surface area contributed by atoms with Crippen LogP contribution in [0.4, 0.5) is 5.69 Å². The Hall–Kier alpha value is -2.07. The number of benzene rings is 2. The van der Waals surface area contributed by atoms with Crippen LogP contribution in [0.2, 0.25) is 0 Å². The van der Waals surface area contributed by atoms with Crippen molar-refractivity contribution in [3.05, 3.63) is 64.6 Å². The normalized spacial score (nSPS) is 10.6. The molecule has 1 amide bonds. The van der Waals surface area contributed by atoms with Crippen molar-refractivity contribution in [3.63, 3.8) is 0 Å². The van der Waals surface area contributed by atoms with E-state index in [1.807, 2.05) is 48.5 Å². The minimum Gasteiger partial charge on any atom is -0.494 e. The molecule has 0 atom stereocenters. The van der Waals surface area contributed by atoms with Crippen molar-refractivity contribution in [2.24, 2.45) is 0 Å². The second-order valence-electron chi connectivity index (χ2n) is 4.75. The van der Waals surface area contributed by atoms with E-state index in [1.165, 1.54) is 6.08 Å². The molecule has 3 nitrogen and oxygen atoms in total. The Kier molecular flexibility index (Phi) is 6.22. The van der Waals surface area contributed by atoms with E-state index >= 15 is 0 Å². The average Bonchev–Trinajstić information content (AvgIpc) is 2.54. The van der Waals surface area contributed by atoms with Crippen molar-refractivity contribution in [2.75, 3.05) is 11.9 Å². The maximum atomic E-state index is 11.8. The van der Waals surface area contributed by atoms with Crippen molar-refractivity contribution in [1.82, 2.24) is 0 Å². The summed E-state index contributed by atoms with van der Waals surface area (Å²) in [6.45, 7) is 2.78. The van der Waals surface area contributed by atoms with Gasteiger partial charge in [-0.05, 0) is 54.5 Å². The van der Waals surface area contributed by atoms with Crippen molar-refractivity contribution in [3.8, 4) is 5.75 Å². The van der Waals surface area contributed by atoms with Crippen LogP contribution in [0.1, 0.15) is 18.9 Å². The van der Waals surface area contributed by atoms with Crippen molar-refractivity contribution in [1.29, 1.82) is 0 Å². The quantitative estimate of drug-likeness (QED) is 0.745. The van der Waals surface area contributed by atoms with Gasteiger partial charge in [0, 0.05) is 16.2 Å². The number of ether oxygens (including phenoxy) is 1. The number of hydrogen-bond acceptors (Lipinski definition) is 2. The van der Waals surface area contributed by atoms with Gasteiger partial charge in [0.1, 0.15) is 5.75 Å². The number of nitrogens with one attached hydrogen (secondary N) is 1. The van der Waals surface area contributed by atoms with Gasteiger partial charge in [-0.1, -0.05) is 35.0 Å². The third-order valence-electron chi connectivity index (χ3n) is 2.89. The Morgan fingerprint density at radius 2 is 1.82 bits per heavy atom. The highest BCUT2D eigenvalue weighted by molar-refractivity contribution is 9.10. The van der Waals surface area contributed by atoms with Crippen LogP contribution >= 0.6 is 15.9 Å². The van der Waals surface area contributed by atoms with E-state index in [4.69, 9.17) is 4.74 Å². The first-order chi connectivity index (χ1) is 10.7. The molecule has 0 fully saturated rings. The lowest BCUT2D eigenvalue weighted by molar-refractivity contribution is -0.111. The molecule has 0 unspecified atom stereocenters. The standard InChI is InChI=1S/C18H18BrNO2/c1-2-13-22-17-10-3-14(4-11-17)5-12-18(21)20-16-8-6-15(19)7-9-16/h3-12H,2,13H2,1H3,(H,20,21)/b12-5+. The zero-order chi connectivity index (χ0) is 15.8. The molecule has 0 aromatic heterocycles. The summed E-state index contributed by atoms with van der Waals surface area (Å²) >= 11 is 3.36. The molecule has 22 heavy (non-hydrogen) atoms. The first kappa shape index (κ1) is 16.3. The summed E-state index contributed by atoms with van der Waals surface area (Å²) in [5, 5.41) is 2.81.